The number of rotatable bonds is 8. The van der Waals surface area contributed by atoms with Gasteiger partial charge in [0.1, 0.15) is 10.8 Å². The Labute approximate surface area is 213 Å². The number of nitrogens with zero attached hydrogens (tertiary/aromatic N) is 4. The quantitative estimate of drug-likeness (QED) is 0.498. The van der Waals surface area contributed by atoms with Crippen LogP contribution in [0.1, 0.15) is 36.8 Å². The van der Waals surface area contributed by atoms with Crippen molar-refractivity contribution in [2.24, 2.45) is 0 Å². The van der Waals surface area contributed by atoms with E-state index in [-0.39, 0.29) is 0 Å². The maximum Gasteiger partial charge on any atom is 0.282 e. The van der Waals surface area contributed by atoms with Crippen LogP contribution in [-0.2, 0) is 27.8 Å². The van der Waals surface area contributed by atoms with E-state index in [0.29, 0.717) is 58.3 Å². The van der Waals surface area contributed by atoms with Crippen molar-refractivity contribution in [2.45, 2.75) is 45.1 Å². The third-order valence-corrected chi connectivity index (χ3v) is 10.5. The van der Waals surface area contributed by atoms with Crippen molar-refractivity contribution in [3.8, 4) is 16.3 Å². The van der Waals surface area contributed by atoms with E-state index in [0.717, 1.165) is 41.6 Å². The fourth-order valence-electron chi connectivity index (χ4n) is 5.11. The zero-order valence-corrected chi connectivity index (χ0v) is 22.2. The SMILES string of the molecule is CC1CCCN1CCCOc1ccc(-c2nc3c(s2)CCN(S(=O)(=O)N2CCOCC2)CC3)cc1. The standard InChI is InChI=1S/C25H36N4O4S2/c1-20-4-2-11-27(20)12-3-17-33-22-7-5-21(6-8-22)25-26-23-9-13-28(14-10-24(23)34-25)35(30,31)29-15-18-32-19-16-29/h5-8,20H,2-4,9-19H2,1H3. The van der Waals surface area contributed by atoms with E-state index in [1.807, 2.05) is 12.1 Å². The Morgan fingerprint density at radius 3 is 2.54 bits per heavy atom. The van der Waals surface area contributed by atoms with Crippen LogP contribution in [0.3, 0.4) is 0 Å². The van der Waals surface area contributed by atoms with Crippen molar-refractivity contribution < 1.29 is 17.9 Å². The van der Waals surface area contributed by atoms with Gasteiger partial charge in [0.05, 0.1) is 25.5 Å². The zero-order chi connectivity index (χ0) is 24.3. The average molecular weight is 521 g/mol. The maximum absolute atomic E-state index is 13.0. The van der Waals surface area contributed by atoms with Crippen LogP contribution in [0.25, 0.3) is 10.6 Å². The molecule has 4 heterocycles. The van der Waals surface area contributed by atoms with E-state index in [4.69, 9.17) is 14.5 Å². The molecule has 1 unspecified atom stereocenters. The summed E-state index contributed by atoms with van der Waals surface area (Å²) in [5, 5.41) is 0.994. The van der Waals surface area contributed by atoms with Gasteiger partial charge in [0.15, 0.2) is 0 Å². The van der Waals surface area contributed by atoms with Gasteiger partial charge in [-0.1, -0.05) is 0 Å². The van der Waals surface area contributed by atoms with Crippen LogP contribution < -0.4 is 4.74 Å². The number of morpholine rings is 1. The summed E-state index contributed by atoms with van der Waals surface area (Å²) in [4.78, 5) is 8.63. The van der Waals surface area contributed by atoms with Crippen LogP contribution in [0.2, 0.25) is 0 Å². The lowest BCUT2D eigenvalue weighted by molar-refractivity contribution is 0.0702. The first kappa shape index (κ1) is 25.1. The van der Waals surface area contributed by atoms with Gasteiger partial charge >= 0.3 is 0 Å². The third-order valence-electron chi connectivity index (χ3n) is 7.24. The number of likely N-dealkylation sites (tertiary alicyclic amines) is 1. The Hall–Kier alpha value is -1.56. The number of fused-ring (bicyclic) bond motifs is 1. The minimum absolute atomic E-state index is 0.431. The van der Waals surface area contributed by atoms with Crippen molar-refractivity contribution >= 4 is 21.5 Å². The molecule has 0 N–H and O–H groups in total. The molecule has 10 heteroatoms. The summed E-state index contributed by atoms with van der Waals surface area (Å²) < 4.78 is 40.5. The van der Waals surface area contributed by atoms with Crippen molar-refractivity contribution in [1.29, 1.82) is 0 Å². The van der Waals surface area contributed by atoms with Crippen LogP contribution in [0.4, 0.5) is 0 Å². The molecule has 1 aromatic heterocycles. The molecule has 1 atom stereocenters. The molecule has 2 fully saturated rings. The number of thiazole rings is 1. The molecule has 0 spiro atoms. The minimum Gasteiger partial charge on any atom is -0.494 e. The van der Waals surface area contributed by atoms with Crippen LogP contribution in [0.5, 0.6) is 5.75 Å². The van der Waals surface area contributed by atoms with Gasteiger partial charge in [-0.2, -0.15) is 17.0 Å². The highest BCUT2D eigenvalue weighted by atomic mass is 32.2. The van der Waals surface area contributed by atoms with Gasteiger partial charge in [-0.15, -0.1) is 11.3 Å². The molecule has 0 bridgehead atoms. The van der Waals surface area contributed by atoms with E-state index in [9.17, 15) is 8.42 Å². The molecular formula is C25H36N4O4S2. The predicted octanol–water partition coefficient (Wildman–Crippen LogP) is 3.04. The predicted molar refractivity (Wildman–Crippen MR) is 138 cm³/mol. The van der Waals surface area contributed by atoms with E-state index in [1.54, 1.807) is 19.9 Å². The van der Waals surface area contributed by atoms with E-state index < -0.39 is 10.2 Å². The van der Waals surface area contributed by atoms with Crippen LogP contribution in [0, 0.1) is 0 Å². The molecular weight excluding hydrogens is 484 g/mol. The first-order chi connectivity index (χ1) is 17.0. The van der Waals surface area contributed by atoms with Gasteiger partial charge in [0, 0.05) is 55.6 Å². The van der Waals surface area contributed by atoms with Crippen LogP contribution >= 0.6 is 11.3 Å². The Morgan fingerprint density at radius 1 is 1.06 bits per heavy atom. The van der Waals surface area contributed by atoms with Crippen LogP contribution in [-0.4, -0.2) is 92.0 Å². The normalized spacial score (nSPS) is 22.7. The summed E-state index contributed by atoms with van der Waals surface area (Å²) in [5.74, 6) is 0.894. The topological polar surface area (TPSA) is 75.2 Å². The van der Waals surface area contributed by atoms with E-state index >= 15 is 0 Å². The van der Waals surface area contributed by atoms with Gasteiger partial charge in [0.25, 0.3) is 10.2 Å². The molecule has 35 heavy (non-hydrogen) atoms. The lowest BCUT2D eigenvalue weighted by atomic mass is 10.2. The van der Waals surface area contributed by atoms with Gasteiger partial charge < -0.3 is 14.4 Å². The summed E-state index contributed by atoms with van der Waals surface area (Å²) in [5.41, 5.74) is 2.11. The summed E-state index contributed by atoms with van der Waals surface area (Å²) in [6.45, 7) is 8.13. The molecule has 192 valence electrons. The molecule has 8 nitrogen and oxygen atoms in total. The fraction of sp³-hybridized carbons (Fsp3) is 0.640. The Bertz CT molecular complexity index is 1060. The second-order valence-electron chi connectivity index (χ2n) is 9.56. The summed E-state index contributed by atoms with van der Waals surface area (Å²) in [6.07, 6.45) is 5.02. The smallest absolute Gasteiger partial charge is 0.282 e. The molecule has 3 aliphatic rings. The van der Waals surface area contributed by atoms with E-state index in [1.165, 1.54) is 24.3 Å². The Morgan fingerprint density at radius 2 is 1.80 bits per heavy atom. The first-order valence-corrected chi connectivity index (χ1v) is 15.0. The molecule has 2 saturated heterocycles. The lowest BCUT2D eigenvalue weighted by Gasteiger charge is -2.31. The highest BCUT2D eigenvalue weighted by molar-refractivity contribution is 7.86. The van der Waals surface area contributed by atoms with Gasteiger partial charge in [-0.05, 0) is 63.4 Å². The molecule has 2 aromatic rings. The summed E-state index contributed by atoms with van der Waals surface area (Å²) in [7, 11) is -3.44. The monoisotopic (exact) mass is 520 g/mol. The molecule has 0 amide bonds. The Balaban J connectivity index is 1.14. The molecule has 3 aliphatic heterocycles. The third kappa shape index (κ3) is 5.89. The highest BCUT2D eigenvalue weighted by Gasteiger charge is 2.32. The van der Waals surface area contributed by atoms with Crippen molar-refractivity contribution in [3.05, 3.63) is 34.8 Å². The second-order valence-corrected chi connectivity index (χ2v) is 12.6. The molecule has 0 aliphatic carbocycles. The van der Waals surface area contributed by atoms with E-state index in [2.05, 4.69) is 24.0 Å². The van der Waals surface area contributed by atoms with Gasteiger partial charge in [0.2, 0.25) is 0 Å². The summed E-state index contributed by atoms with van der Waals surface area (Å²) >= 11 is 1.68. The summed E-state index contributed by atoms with van der Waals surface area (Å²) in [6, 6.07) is 8.91. The number of aromatic nitrogens is 1. The lowest BCUT2D eigenvalue weighted by Crippen LogP contribution is -2.49. The Kier molecular flexibility index (Phi) is 8.05. The van der Waals surface area contributed by atoms with Crippen LogP contribution in [0.15, 0.2) is 24.3 Å². The molecule has 0 saturated carbocycles. The van der Waals surface area contributed by atoms with Crippen molar-refractivity contribution in [3.63, 3.8) is 0 Å². The minimum atomic E-state index is -3.44. The molecule has 1 aromatic carbocycles. The number of hydrogen-bond acceptors (Lipinski definition) is 7. The first-order valence-electron chi connectivity index (χ1n) is 12.8. The van der Waals surface area contributed by atoms with Gasteiger partial charge in [-0.3, -0.25) is 0 Å². The highest BCUT2D eigenvalue weighted by Crippen LogP contribution is 2.32. The molecule has 5 rings (SSSR count). The fourth-order valence-corrected chi connectivity index (χ4v) is 7.80. The maximum atomic E-state index is 13.0. The number of hydrogen-bond donors (Lipinski definition) is 0. The number of ether oxygens (including phenoxy) is 2. The largest absolute Gasteiger partial charge is 0.494 e. The number of benzene rings is 1. The van der Waals surface area contributed by atoms with Gasteiger partial charge in [-0.25, -0.2) is 4.98 Å². The molecule has 0 radical (unpaired) electrons. The van der Waals surface area contributed by atoms with Crippen molar-refractivity contribution in [1.82, 2.24) is 18.5 Å². The zero-order valence-electron chi connectivity index (χ0n) is 20.5. The van der Waals surface area contributed by atoms with Crippen molar-refractivity contribution in [2.75, 3.05) is 59.1 Å². The average Bonchev–Trinajstić information content (AvgIpc) is 3.42. The second kappa shape index (κ2) is 11.2.